The maximum absolute atomic E-state index is 12.4. The van der Waals surface area contributed by atoms with Crippen LogP contribution >= 0.6 is 0 Å². The van der Waals surface area contributed by atoms with Gasteiger partial charge in [0, 0.05) is 17.3 Å². The highest BCUT2D eigenvalue weighted by molar-refractivity contribution is 5.28. The zero-order valence-electron chi connectivity index (χ0n) is 10.5. The van der Waals surface area contributed by atoms with Crippen molar-refractivity contribution in [1.29, 1.82) is 0 Å². The molecule has 1 N–H and O–H groups in total. The van der Waals surface area contributed by atoms with Crippen LogP contribution in [0.1, 0.15) is 36.3 Å². The Labute approximate surface area is 99.0 Å². The van der Waals surface area contributed by atoms with Gasteiger partial charge in [-0.25, -0.2) is 0 Å². The van der Waals surface area contributed by atoms with Crippen molar-refractivity contribution >= 4 is 0 Å². The molecule has 1 atom stereocenters. The summed E-state index contributed by atoms with van der Waals surface area (Å²) in [6, 6.07) is 0.0528. The summed E-state index contributed by atoms with van der Waals surface area (Å²) in [5.41, 5.74) is 2.12. The highest BCUT2D eigenvalue weighted by Gasteiger charge is 2.30. The van der Waals surface area contributed by atoms with E-state index in [4.69, 9.17) is 0 Å². The fourth-order valence-corrected chi connectivity index (χ4v) is 2.09. The summed E-state index contributed by atoms with van der Waals surface area (Å²) in [6.45, 7) is 4.39. The van der Waals surface area contributed by atoms with Crippen LogP contribution in [0.4, 0.5) is 13.2 Å². The van der Waals surface area contributed by atoms with Gasteiger partial charge in [-0.2, -0.15) is 18.3 Å². The van der Waals surface area contributed by atoms with Gasteiger partial charge < -0.3 is 5.32 Å². The van der Waals surface area contributed by atoms with E-state index in [0.717, 1.165) is 16.7 Å². The Balaban J connectivity index is 3.09. The number of aryl methyl sites for hydroxylation is 1. The number of aromatic nitrogens is 2. The van der Waals surface area contributed by atoms with E-state index in [0.29, 0.717) is 11.4 Å². The fraction of sp³-hybridized carbons (Fsp3) is 0.727. The predicted octanol–water partition coefficient (Wildman–Crippen LogP) is 2.73. The zero-order chi connectivity index (χ0) is 13.2. The van der Waals surface area contributed by atoms with Crippen molar-refractivity contribution in [1.82, 2.24) is 15.1 Å². The molecule has 1 aromatic heterocycles. The molecule has 1 unspecified atom stereocenters. The van der Waals surface area contributed by atoms with E-state index in [9.17, 15) is 13.2 Å². The van der Waals surface area contributed by atoms with E-state index in [-0.39, 0.29) is 6.04 Å². The SMILES string of the molecule is CCC(NC)c1c(C)nn(CC(F)(F)F)c1C. The molecule has 1 rings (SSSR count). The molecule has 1 heterocycles. The van der Waals surface area contributed by atoms with Crippen LogP contribution in [0.3, 0.4) is 0 Å². The Morgan fingerprint density at radius 2 is 1.94 bits per heavy atom. The number of hydrogen-bond acceptors (Lipinski definition) is 2. The molecule has 0 spiro atoms. The monoisotopic (exact) mass is 249 g/mol. The summed E-state index contributed by atoms with van der Waals surface area (Å²) in [6.07, 6.45) is -3.42. The lowest BCUT2D eigenvalue weighted by Gasteiger charge is -2.15. The van der Waals surface area contributed by atoms with Gasteiger partial charge in [0.1, 0.15) is 6.54 Å². The van der Waals surface area contributed by atoms with E-state index in [1.807, 2.05) is 6.92 Å². The maximum atomic E-state index is 12.4. The molecular formula is C11H18F3N3. The third kappa shape index (κ3) is 3.21. The summed E-state index contributed by atoms with van der Waals surface area (Å²) < 4.78 is 38.1. The second-order valence-electron chi connectivity index (χ2n) is 4.11. The van der Waals surface area contributed by atoms with Gasteiger partial charge in [0.2, 0.25) is 0 Å². The Bertz CT molecular complexity index is 378. The van der Waals surface area contributed by atoms with E-state index >= 15 is 0 Å². The smallest absolute Gasteiger partial charge is 0.313 e. The minimum absolute atomic E-state index is 0.0528. The van der Waals surface area contributed by atoms with Crippen molar-refractivity contribution in [2.24, 2.45) is 0 Å². The molecular weight excluding hydrogens is 231 g/mol. The minimum Gasteiger partial charge on any atom is -0.313 e. The molecule has 0 amide bonds. The number of alkyl halides is 3. The van der Waals surface area contributed by atoms with Gasteiger partial charge in [-0.1, -0.05) is 6.92 Å². The topological polar surface area (TPSA) is 29.9 Å². The van der Waals surface area contributed by atoms with Crippen LogP contribution in [0.15, 0.2) is 0 Å². The standard InChI is InChI=1S/C11H18F3N3/c1-5-9(15-4)10-7(2)16-17(8(10)3)6-11(12,13)14/h9,15H,5-6H2,1-4H3. The minimum atomic E-state index is -4.23. The lowest BCUT2D eigenvalue weighted by atomic mass is 10.0. The highest BCUT2D eigenvalue weighted by atomic mass is 19.4. The van der Waals surface area contributed by atoms with Crippen molar-refractivity contribution in [2.75, 3.05) is 7.05 Å². The van der Waals surface area contributed by atoms with Crippen molar-refractivity contribution in [2.45, 2.75) is 46.0 Å². The average molecular weight is 249 g/mol. The van der Waals surface area contributed by atoms with Gasteiger partial charge in [0.15, 0.2) is 0 Å². The number of halogens is 3. The van der Waals surface area contributed by atoms with Crippen LogP contribution in [0, 0.1) is 13.8 Å². The van der Waals surface area contributed by atoms with Crippen LogP contribution in [0.25, 0.3) is 0 Å². The maximum Gasteiger partial charge on any atom is 0.408 e. The van der Waals surface area contributed by atoms with Gasteiger partial charge in [0.25, 0.3) is 0 Å². The Morgan fingerprint density at radius 1 is 1.35 bits per heavy atom. The molecule has 0 radical (unpaired) electrons. The molecule has 6 heteroatoms. The largest absolute Gasteiger partial charge is 0.408 e. The lowest BCUT2D eigenvalue weighted by molar-refractivity contribution is -0.142. The molecule has 0 saturated carbocycles. The number of hydrogen-bond donors (Lipinski definition) is 1. The third-order valence-corrected chi connectivity index (χ3v) is 2.87. The first kappa shape index (κ1) is 14.0. The molecule has 1 aromatic rings. The third-order valence-electron chi connectivity index (χ3n) is 2.87. The Kier molecular flexibility index (Phi) is 4.19. The first-order chi connectivity index (χ1) is 7.80. The lowest BCUT2D eigenvalue weighted by Crippen LogP contribution is -2.20. The van der Waals surface area contributed by atoms with Crippen molar-refractivity contribution in [3.63, 3.8) is 0 Å². The normalized spacial score (nSPS) is 14.1. The second-order valence-corrected chi connectivity index (χ2v) is 4.11. The highest BCUT2D eigenvalue weighted by Crippen LogP contribution is 2.26. The first-order valence-corrected chi connectivity index (χ1v) is 5.58. The number of rotatable bonds is 4. The summed E-state index contributed by atoms with van der Waals surface area (Å²) in [4.78, 5) is 0. The van der Waals surface area contributed by atoms with Crippen molar-refractivity contribution in [3.05, 3.63) is 17.0 Å². The number of nitrogens with zero attached hydrogens (tertiary/aromatic N) is 2. The average Bonchev–Trinajstić information content (AvgIpc) is 2.45. The molecule has 0 aliphatic carbocycles. The van der Waals surface area contributed by atoms with Gasteiger partial charge in [0.05, 0.1) is 5.69 Å². The van der Waals surface area contributed by atoms with Crippen LogP contribution in [0.2, 0.25) is 0 Å². The molecule has 0 bridgehead atoms. The molecule has 0 aliphatic rings. The predicted molar refractivity (Wildman–Crippen MR) is 59.8 cm³/mol. The molecule has 17 heavy (non-hydrogen) atoms. The van der Waals surface area contributed by atoms with Gasteiger partial charge >= 0.3 is 6.18 Å². The summed E-state index contributed by atoms with van der Waals surface area (Å²) >= 11 is 0. The van der Waals surface area contributed by atoms with Gasteiger partial charge in [-0.05, 0) is 27.3 Å². The summed E-state index contributed by atoms with van der Waals surface area (Å²) in [7, 11) is 1.80. The summed E-state index contributed by atoms with van der Waals surface area (Å²) in [5.74, 6) is 0. The molecule has 0 saturated heterocycles. The van der Waals surface area contributed by atoms with Gasteiger partial charge in [-0.15, -0.1) is 0 Å². The zero-order valence-corrected chi connectivity index (χ0v) is 10.5. The fourth-order valence-electron chi connectivity index (χ4n) is 2.09. The van der Waals surface area contributed by atoms with Crippen LogP contribution in [0.5, 0.6) is 0 Å². The Hall–Kier alpha value is -1.04. The first-order valence-electron chi connectivity index (χ1n) is 5.58. The van der Waals surface area contributed by atoms with Crippen molar-refractivity contribution < 1.29 is 13.2 Å². The second kappa shape index (κ2) is 5.08. The van der Waals surface area contributed by atoms with Crippen LogP contribution < -0.4 is 5.32 Å². The van der Waals surface area contributed by atoms with Gasteiger partial charge in [-0.3, -0.25) is 4.68 Å². The quantitative estimate of drug-likeness (QED) is 0.889. The molecule has 0 aliphatic heterocycles. The molecule has 98 valence electrons. The molecule has 3 nitrogen and oxygen atoms in total. The summed E-state index contributed by atoms with van der Waals surface area (Å²) in [5, 5.41) is 7.06. The van der Waals surface area contributed by atoms with E-state index in [1.165, 1.54) is 0 Å². The van der Waals surface area contributed by atoms with Crippen LogP contribution in [-0.4, -0.2) is 23.0 Å². The Morgan fingerprint density at radius 3 is 2.35 bits per heavy atom. The number of nitrogens with one attached hydrogen (secondary N) is 1. The molecule has 0 fully saturated rings. The van der Waals surface area contributed by atoms with Crippen LogP contribution in [-0.2, 0) is 6.54 Å². The van der Waals surface area contributed by atoms with E-state index in [1.54, 1.807) is 20.9 Å². The molecule has 0 aromatic carbocycles. The van der Waals surface area contributed by atoms with E-state index in [2.05, 4.69) is 10.4 Å². The van der Waals surface area contributed by atoms with Crippen molar-refractivity contribution in [3.8, 4) is 0 Å². The van der Waals surface area contributed by atoms with E-state index < -0.39 is 12.7 Å².